The zero-order chi connectivity index (χ0) is 19.4. The summed E-state index contributed by atoms with van der Waals surface area (Å²) in [4.78, 5) is 35.2. The lowest BCUT2D eigenvalue weighted by Gasteiger charge is -2.28. The molecule has 0 heterocycles. The molecule has 7 nitrogen and oxygen atoms in total. The second-order valence-corrected chi connectivity index (χ2v) is 6.94. The number of halogens is 1. The van der Waals surface area contributed by atoms with Gasteiger partial charge in [-0.1, -0.05) is 36.6 Å². The summed E-state index contributed by atoms with van der Waals surface area (Å²) >= 11 is 5.94. The van der Waals surface area contributed by atoms with E-state index in [4.69, 9.17) is 11.6 Å². The molecule has 2 amide bonds. The Labute approximate surface area is 160 Å². The molecule has 0 aliphatic heterocycles. The molecule has 0 bridgehead atoms. The molecule has 8 heteroatoms. The summed E-state index contributed by atoms with van der Waals surface area (Å²) < 4.78 is 0. The van der Waals surface area contributed by atoms with E-state index >= 15 is 0 Å². The highest BCUT2D eigenvalue weighted by Crippen LogP contribution is 2.41. The highest BCUT2D eigenvalue weighted by atomic mass is 35.5. The van der Waals surface area contributed by atoms with E-state index in [1.54, 1.807) is 12.1 Å². The Kier molecular flexibility index (Phi) is 5.41. The van der Waals surface area contributed by atoms with Crippen molar-refractivity contribution in [2.45, 2.75) is 31.1 Å². The van der Waals surface area contributed by atoms with Gasteiger partial charge >= 0.3 is 0 Å². The van der Waals surface area contributed by atoms with Gasteiger partial charge in [-0.25, -0.2) is 0 Å². The van der Waals surface area contributed by atoms with Crippen molar-refractivity contribution in [2.75, 3.05) is 0 Å². The van der Waals surface area contributed by atoms with Crippen molar-refractivity contribution >= 4 is 29.1 Å². The van der Waals surface area contributed by atoms with Crippen LogP contribution in [0.3, 0.4) is 0 Å². The summed E-state index contributed by atoms with van der Waals surface area (Å²) in [6.45, 7) is 0. The second kappa shape index (κ2) is 7.75. The average Bonchev–Trinajstić information content (AvgIpc) is 3.17. The van der Waals surface area contributed by atoms with E-state index in [-0.39, 0.29) is 17.2 Å². The molecule has 0 atom stereocenters. The largest absolute Gasteiger partial charge is 0.272 e. The average molecular weight is 388 g/mol. The number of amides is 2. The molecule has 0 aromatic heterocycles. The number of nitrogens with zero attached hydrogens (tertiary/aromatic N) is 1. The fourth-order valence-corrected chi connectivity index (χ4v) is 3.56. The lowest BCUT2D eigenvalue weighted by atomic mass is 9.78. The topological polar surface area (TPSA) is 101 Å². The number of carbonyl (C=O) groups is 2. The molecule has 1 aliphatic carbocycles. The Balaban J connectivity index is 1.70. The van der Waals surface area contributed by atoms with Crippen LogP contribution >= 0.6 is 11.6 Å². The molecule has 1 saturated carbocycles. The maximum atomic E-state index is 12.9. The monoisotopic (exact) mass is 387 g/mol. The van der Waals surface area contributed by atoms with Crippen LogP contribution in [0.5, 0.6) is 0 Å². The number of hydrogen-bond acceptors (Lipinski definition) is 4. The van der Waals surface area contributed by atoms with Crippen LogP contribution in [-0.4, -0.2) is 16.7 Å². The zero-order valence-corrected chi connectivity index (χ0v) is 15.2. The highest BCUT2D eigenvalue weighted by Gasteiger charge is 2.42. The molecule has 0 radical (unpaired) electrons. The Bertz CT molecular complexity index is 860. The molecule has 0 unspecified atom stereocenters. The summed E-state index contributed by atoms with van der Waals surface area (Å²) in [7, 11) is 0. The van der Waals surface area contributed by atoms with Crippen molar-refractivity contribution in [1.29, 1.82) is 0 Å². The van der Waals surface area contributed by atoms with Crippen LogP contribution in [-0.2, 0) is 10.2 Å². The van der Waals surface area contributed by atoms with E-state index < -0.39 is 16.2 Å². The van der Waals surface area contributed by atoms with Gasteiger partial charge in [-0.2, -0.15) is 0 Å². The lowest BCUT2D eigenvalue weighted by molar-refractivity contribution is -0.384. The van der Waals surface area contributed by atoms with Gasteiger partial charge in [0.05, 0.1) is 10.3 Å². The molecule has 0 spiro atoms. The fourth-order valence-electron chi connectivity index (χ4n) is 3.43. The molecule has 2 N–H and O–H groups in total. The highest BCUT2D eigenvalue weighted by molar-refractivity contribution is 6.30. The first kappa shape index (κ1) is 18.8. The van der Waals surface area contributed by atoms with Gasteiger partial charge < -0.3 is 0 Å². The Morgan fingerprint density at radius 3 is 2.11 bits per heavy atom. The first-order valence-electron chi connectivity index (χ1n) is 8.54. The smallest absolute Gasteiger partial charge is 0.269 e. The number of non-ortho nitro benzene ring substituents is 1. The zero-order valence-electron chi connectivity index (χ0n) is 14.4. The van der Waals surface area contributed by atoms with Gasteiger partial charge in [0, 0.05) is 22.7 Å². The van der Waals surface area contributed by atoms with Crippen LogP contribution in [0.4, 0.5) is 5.69 Å². The number of benzene rings is 2. The number of carbonyl (C=O) groups excluding carboxylic acids is 2. The molecular weight excluding hydrogens is 370 g/mol. The van der Waals surface area contributed by atoms with Gasteiger partial charge in [-0.3, -0.25) is 30.6 Å². The van der Waals surface area contributed by atoms with Crippen molar-refractivity contribution in [3.63, 3.8) is 0 Å². The number of rotatable bonds is 4. The molecular formula is C19H18ClN3O4. The van der Waals surface area contributed by atoms with Crippen LogP contribution in [0.2, 0.25) is 5.02 Å². The second-order valence-electron chi connectivity index (χ2n) is 6.51. The number of hydrogen-bond donors (Lipinski definition) is 2. The SMILES string of the molecule is O=C(NNC(=O)C1(c2ccc(Cl)cc2)CCCC1)c1ccc([N+](=O)[O-])cc1. The molecule has 1 aliphatic rings. The first-order valence-corrected chi connectivity index (χ1v) is 8.91. The van der Waals surface area contributed by atoms with Crippen LogP contribution in [0.15, 0.2) is 48.5 Å². The van der Waals surface area contributed by atoms with Gasteiger partial charge in [0.2, 0.25) is 5.91 Å². The number of hydrazine groups is 1. The summed E-state index contributed by atoms with van der Waals surface area (Å²) in [6.07, 6.45) is 3.22. The minimum atomic E-state index is -0.701. The standard InChI is InChI=1S/C19H18ClN3O4/c20-15-7-5-14(6-8-15)19(11-1-2-12-19)18(25)22-21-17(24)13-3-9-16(10-4-13)23(26)27/h3-10H,1-2,11-12H2,(H,21,24)(H,22,25). The minimum absolute atomic E-state index is 0.108. The molecule has 27 heavy (non-hydrogen) atoms. The fraction of sp³-hybridized carbons (Fsp3) is 0.263. The van der Waals surface area contributed by atoms with E-state index in [0.29, 0.717) is 17.9 Å². The van der Waals surface area contributed by atoms with Crippen LogP contribution in [0.25, 0.3) is 0 Å². The van der Waals surface area contributed by atoms with Gasteiger partial charge in [0.15, 0.2) is 0 Å². The third-order valence-electron chi connectivity index (χ3n) is 4.92. The van der Waals surface area contributed by atoms with Gasteiger partial charge in [-0.05, 0) is 42.7 Å². The van der Waals surface area contributed by atoms with Crippen molar-refractivity contribution in [3.05, 3.63) is 74.8 Å². The van der Waals surface area contributed by atoms with E-state index in [9.17, 15) is 19.7 Å². The van der Waals surface area contributed by atoms with Crippen LogP contribution < -0.4 is 10.9 Å². The number of nitro benzene ring substituents is 1. The maximum absolute atomic E-state index is 12.9. The molecule has 0 saturated heterocycles. The van der Waals surface area contributed by atoms with Crippen molar-refractivity contribution in [2.24, 2.45) is 0 Å². The van der Waals surface area contributed by atoms with Gasteiger partial charge in [0.1, 0.15) is 0 Å². The molecule has 3 rings (SSSR count). The van der Waals surface area contributed by atoms with Gasteiger partial charge in [-0.15, -0.1) is 0 Å². The molecule has 2 aromatic carbocycles. The Morgan fingerprint density at radius 2 is 1.56 bits per heavy atom. The van der Waals surface area contributed by atoms with Gasteiger partial charge in [0.25, 0.3) is 11.6 Å². The summed E-state index contributed by atoms with van der Waals surface area (Å²) in [6, 6.07) is 12.3. The quantitative estimate of drug-likeness (QED) is 0.619. The lowest BCUT2D eigenvalue weighted by Crippen LogP contribution is -2.50. The predicted octanol–water partition coefficient (Wildman–Crippen LogP) is 3.52. The van der Waals surface area contributed by atoms with E-state index in [1.165, 1.54) is 24.3 Å². The predicted molar refractivity (Wildman–Crippen MR) is 100 cm³/mol. The number of nitro groups is 1. The normalized spacial score (nSPS) is 15.1. The van der Waals surface area contributed by atoms with Crippen molar-refractivity contribution < 1.29 is 14.5 Å². The molecule has 140 valence electrons. The molecule has 1 fully saturated rings. The minimum Gasteiger partial charge on any atom is -0.272 e. The van der Waals surface area contributed by atoms with Crippen LogP contribution in [0, 0.1) is 10.1 Å². The van der Waals surface area contributed by atoms with E-state index in [2.05, 4.69) is 10.9 Å². The van der Waals surface area contributed by atoms with Crippen molar-refractivity contribution in [1.82, 2.24) is 10.9 Å². The third kappa shape index (κ3) is 3.93. The Hall–Kier alpha value is -2.93. The summed E-state index contributed by atoms with van der Waals surface area (Å²) in [5.74, 6) is -0.819. The van der Waals surface area contributed by atoms with E-state index in [1.807, 2.05) is 12.1 Å². The van der Waals surface area contributed by atoms with E-state index in [0.717, 1.165) is 18.4 Å². The first-order chi connectivity index (χ1) is 12.9. The maximum Gasteiger partial charge on any atom is 0.269 e. The summed E-state index contributed by atoms with van der Waals surface area (Å²) in [5.41, 5.74) is 5.18. The Morgan fingerprint density at radius 1 is 0.963 bits per heavy atom. The van der Waals surface area contributed by atoms with Crippen molar-refractivity contribution in [3.8, 4) is 0 Å². The van der Waals surface area contributed by atoms with Crippen LogP contribution in [0.1, 0.15) is 41.6 Å². The third-order valence-corrected chi connectivity index (χ3v) is 5.17. The number of nitrogens with one attached hydrogen (secondary N) is 2. The summed E-state index contributed by atoms with van der Waals surface area (Å²) in [5, 5.41) is 11.3. The molecule has 2 aromatic rings.